The van der Waals surface area contributed by atoms with Crippen molar-refractivity contribution in [3.05, 3.63) is 34.6 Å². The lowest BCUT2D eigenvalue weighted by molar-refractivity contribution is 0.0605. The van der Waals surface area contributed by atoms with E-state index in [1.807, 2.05) is 32.2 Å². The van der Waals surface area contributed by atoms with Gasteiger partial charge < -0.3 is 20.3 Å². The molecule has 9 heteroatoms. The second-order valence-electron chi connectivity index (χ2n) is 6.74. The van der Waals surface area contributed by atoms with Gasteiger partial charge >= 0.3 is 5.97 Å². The van der Waals surface area contributed by atoms with Crippen molar-refractivity contribution in [3.8, 4) is 0 Å². The Morgan fingerprint density at radius 2 is 1.86 bits per heavy atom. The normalized spacial score (nSPS) is 14.5. The van der Waals surface area contributed by atoms with Crippen LogP contribution < -0.4 is 15.5 Å². The highest BCUT2D eigenvalue weighted by atomic mass is 32.1. The van der Waals surface area contributed by atoms with Gasteiger partial charge in [0.25, 0.3) is 0 Å². The van der Waals surface area contributed by atoms with Crippen molar-refractivity contribution in [2.45, 2.75) is 13.8 Å². The number of methoxy groups -OCH3 is 1. The fourth-order valence-corrected chi connectivity index (χ4v) is 4.64. The van der Waals surface area contributed by atoms with Gasteiger partial charge in [-0.3, -0.25) is 0 Å². The van der Waals surface area contributed by atoms with Crippen LogP contribution in [0.2, 0.25) is 0 Å². The first kappa shape index (κ1) is 18.4. The quantitative estimate of drug-likeness (QED) is 0.672. The number of esters is 1. The number of nitrogen functional groups attached to an aromatic ring is 1. The molecule has 3 aromatic rings. The summed E-state index contributed by atoms with van der Waals surface area (Å²) in [5, 5.41) is 0.943. The summed E-state index contributed by atoms with van der Waals surface area (Å²) in [5.41, 5.74) is 7.63. The molecule has 3 aromatic heterocycles. The van der Waals surface area contributed by atoms with E-state index in [4.69, 9.17) is 15.5 Å². The number of nitrogens with zero attached hydrogens (tertiary/aromatic N) is 5. The number of pyridine rings is 1. The molecule has 0 spiro atoms. The van der Waals surface area contributed by atoms with E-state index < -0.39 is 0 Å². The fraction of sp³-hybridized carbons (Fsp3) is 0.368. The molecule has 8 nitrogen and oxygen atoms in total. The van der Waals surface area contributed by atoms with Gasteiger partial charge in [0.05, 0.1) is 24.4 Å². The first-order valence-electron chi connectivity index (χ1n) is 9.05. The zero-order valence-corrected chi connectivity index (χ0v) is 16.9. The number of rotatable bonds is 3. The molecule has 0 amide bonds. The first-order valence-corrected chi connectivity index (χ1v) is 9.87. The Balaban J connectivity index is 1.63. The Hall–Kier alpha value is -2.94. The van der Waals surface area contributed by atoms with Crippen LogP contribution in [-0.4, -0.2) is 54.2 Å². The Morgan fingerprint density at radius 3 is 2.50 bits per heavy atom. The van der Waals surface area contributed by atoms with Crippen LogP contribution in [0.15, 0.2) is 18.3 Å². The zero-order chi connectivity index (χ0) is 19.8. The van der Waals surface area contributed by atoms with Gasteiger partial charge in [-0.1, -0.05) is 0 Å². The summed E-state index contributed by atoms with van der Waals surface area (Å²) in [4.78, 5) is 31.5. The van der Waals surface area contributed by atoms with Crippen LogP contribution in [0.1, 0.15) is 21.1 Å². The minimum atomic E-state index is -0.329. The highest BCUT2D eigenvalue weighted by Gasteiger charge is 2.25. The number of hydrogen-bond donors (Lipinski definition) is 1. The van der Waals surface area contributed by atoms with Crippen LogP contribution in [-0.2, 0) is 4.74 Å². The topological polar surface area (TPSA) is 97.5 Å². The number of carbonyl (C=O) groups is 1. The molecule has 0 saturated carbocycles. The lowest BCUT2D eigenvalue weighted by Gasteiger charge is -2.37. The van der Waals surface area contributed by atoms with Gasteiger partial charge in [-0.2, -0.15) is 0 Å². The zero-order valence-electron chi connectivity index (χ0n) is 16.1. The van der Waals surface area contributed by atoms with E-state index in [0.29, 0.717) is 16.5 Å². The molecule has 4 rings (SSSR count). The third kappa shape index (κ3) is 3.22. The van der Waals surface area contributed by atoms with Crippen molar-refractivity contribution in [1.29, 1.82) is 0 Å². The van der Waals surface area contributed by atoms with Crippen LogP contribution >= 0.6 is 11.3 Å². The van der Waals surface area contributed by atoms with Crippen molar-refractivity contribution in [2.75, 3.05) is 48.8 Å². The van der Waals surface area contributed by atoms with Crippen molar-refractivity contribution in [3.63, 3.8) is 0 Å². The Bertz CT molecular complexity index is 1030. The third-order valence-corrected chi connectivity index (χ3v) is 6.13. The molecule has 0 bridgehead atoms. The Morgan fingerprint density at radius 1 is 1.14 bits per heavy atom. The summed E-state index contributed by atoms with van der Waals surface area (Å²) in [6.45, 7) is 7.15. The molecule has 146 valence electrons. The maximum Gasteiger partial charge on any atom is 0.348 e. The fourth-order valence-electron chi connectivity index (χ4n) is 3.50. The van der Waals surface area contributed by atoms with Gasteiger partial charge in [0.15, 0.2) is 0 Å². The highest BCUT2D eigenvalue weighted by molar-refractivity contribution is 7.20. The predicted octanol–water partition coefficient (Wildman–Crippen LogP) is 2.40. The number of piperazine rings is 1. The minimum Gasteiger partial charge on any atom is -0.465 e. The molecule has 2 N–H and O–H groups in total. The van der Waals surface area contributed by atoms with Gasteiger partial charge in [-0.25, -0.2) is 19.7 Å². The smallest absolute Gasteiger partial charge is 0.348 e. The van der Waals surface area contributed by atoms with E-state index in [9.17, 15) is 4.79 Å². The number of fused-ring (bicyclic) bond motifs is 1. The number of aromatic nitrogens is 3. The molecule has 0 aliphatic carbocycles. The van der Waals surface area contributed by atoms with E-state index in [2.05, 4.69) is 19.8 Å². The van der Waals surface area contributed by atoms with Crippen molar-refractivity contribution in [2.24, 2.45) is 0 Å². The number of anilines is 3. The molecular weight excluding hydrogens is 376 g/mol. The molecule has 0 unspecified atom stereocenters. The second kappa shape index (κ2) is 7.23. The third-order valence-electron chi connectivity index (χ3n) is 4.97. The number of hydrogen-bond acceptors (Lipinski definition) is 9. The molecule has 1 aliphatic heterocycles. The van der Waals surface area contributed by atoms with E-state index >= 15 is 0 Å². The predicted molar refractivity (Wildman–Crippen MR) is 111 cm³/mol. The van der Waals surface area contributed by atoms with Gasteiger partial charge in [0, 0.05) is 26.2 Å². The maximum absolute atomic E-state index is 12.1. The summed E-state index contributed by atoms with van der Waals surface area (Å²) in [7, 11) is 1.40. The molecule has 1 fully saturated rings. The van der Waals surface area contributed by atoms with Gasteiger partial charge in [-0.15, -0.1) is 11.3 Å². The number of nitrogens with two attached hydrogens (primary N) is 1. The average molecular weight is 398 g/mol. The molecule has 1 aliphatic rings. The molecular formula is C19H22N6O2S. The van der Waals surface area contributed by atoms with Crippen molar-refractivity contribution < 1.29 is 9.53 Å². The lowest BCUT2D eigenvalue weighted by Crippen LogP contribution is -2.47. The second-order valence-corrected chi connectivity index (χ2v) is 7.74. The van der Waals surface area contributed by atoms with Crippen LogP contribution in [0, 0.1) is 13.8 Å². The number of aryl methyl sites for hydroxylation is 2. The summed E-state index contributed by atoms with van der Waals surface area (Å²) < 4.78 is 4.92. The number of ether oxygens (including phenoxy) is 1. The van der Waals surface area contributed by atoms with E-state index in [1.165, 1.54) is 18.4 Å². The monoisotopic (exact) mass is 398 g/mol. The maximum atomic E-state index is 12.1. The van der Waals surface area contributed by atoms with Crippen LogP contribution in [0.4, 0.5) is 17.3 Å². The summed E-state index contributed by atoms with van der Waals surface area (Å²) in [6.07, 6.45) is 1.81. The Kier molecular flexibility index (Phi) is 4.76. The largest absolute Gasteiger partial charge is 0.465 e. The first-order chi connectivity index (χ1) is 13.5. The molecule has 28 heavy (non-hydrogen) atoms. The van der Waals surface area contributed by atoms with Crippen molar-refractivity contribution >= 4 is 44.8 Å². The molecule has 0 aromatic carbocycles. The standard InChI is InChI=1S/C19H22N6O2S/c1-11-15-17(22-12(2)23-18(15)28-16(11)19(26)27-3)25-8-6-24(7-9-25)13-4-5-14(20)21-10-13/h4-5,10H,6-9H2,1-3H3,(H2,20,21). The van der Waals surface area contributed by atoms with Gasteiger partial charge in [-0.05, 0) is 31.5 Å². The van der Waals surface area contributed by atoms with E-state index in [-0.39, 0.29) is 5.97 Å². The van der Waals surface area contributed by atoms with E-state index in [0.717, 1.165) is 53.5 Å². The van der Waals surface area contributed by atoms with Crippen LogP contribution in [0.5, 0.6) is 0 Å². The molecule has 0 radical (unpaired) electrons. The SMILES string of the molecule is COC(=O)c1sc2nc(C)nc(N3CCN(c4ccc(N)nc4)CC3)c2c1C. The van der Waals surface area contributed by atoms with E-state index in [1.54, 1.807) is 0 Å². The van der Waals surface area contributed by atoms with Crippen LogP contribution in [0.3, 0.4) is 0 Å². The molecule has 1 saturated heterocycles. The van der Waals surface area contributed by atoms with Crippen LogP contribution in [0.25, 0.3) is 10.2 Å². The van der Waals surface area contributed by atoms with Gasteiger partial charge in [0.1, 0.15) is 27.2 Å². The summed E-state index contributed by atoms with van der Waals surface area (Å²) >= 11 is 1.36. The Labute approximate surface area is 167 Å². The lowest BCUT2D eigenvalue weighted by atomic mass is 10.1. The molecule has 0 atom stereocenters. The minimum absolute atomic E-state index is 0.329. The average Bonchev–Trinajstić information content (AvgIpc) is 3.04. The summed E-state index contributed by atoms with van der Waals surface area (Å²) in [6, 6.07) is 3.82. The van der Waals surface area contributed by atoms with Crippen molar-refractivity contribution in [1.82, 2.24) is 15.0 Å². The number of thiophene rings is 1. The number of carbonyl (C=O) groups excluding carboxylic acids is 1. The van der Waals surface area contributed by atoms with Gasteiger partial charge in [0.2, 0.25) is 0 Å². The molecule has 4 heterocycles. The highest BCUT2D eigenvalue weighted by Crippen LogP contribution is 2.36. The summed E-state index contributed by atoms with van der Waals surface area (Å²) in [5.74, 6) is 1.78.